The lowest BCUT2D eigenvalue weighted by Gasteiger charge is -2.23. The average Bonchev–Trinajstić information content (AvgIpc) is 2.26. The molecule has 0 bridgehead atoms. The zero-order valence-corrected chi connectivity index (χ0v) is 10.7. The van der Waals surface area contributed by atoms with Crippen molar-refractivity contribution in [1.82, 2.24) is 5.32 Å². The van der Waals surface area contributed by atoms with E-state index in [0.717, 1.165) is 19.4 Å². The number of nitrogens with one attached hydrogen (secondary N) is 1. The van der Waals surface area contributed by atoms with Gasteiger partial charge in [0.05, 0.1) is 11.5 Å². The topological polar surface area (TPSA) is 35.8 Å². The highest BCUT2D eigenvalue weighted by Gasteiger charge is 2.16. The van der Waals surface area contributed by atoms with Gasteiger partial charge in [0.2, 0.25) is 0 Å². The van der Waals surface area contributed by atoms with Crippen molar-refractivity contribution in [3.63, 3.8) is 0 Å². The fourth-order valence-corrected chi connectivity index (χ4v) is 2.90. The van der Waals surface area contributed by atoms with Gasteiger partial charge in [-0.15, -0.1) is 0 Å². The van der Waals surface area contributed by atoms with Crippen LogP contribution < -0.4 is 5.32 Å². The van der Waals surface area contributed by atoms with E-state index in [1.165, 1.54) is 24.3 Å². The highest BCUT2D eigenvalue weighted by molar-refractivity contribution is 7.99. The summed E-state index contributed by atoms with van der Waals surface area (Å²) in [6.07, 6.45) is 4.79. The second-order valence-corrected chi connectivity index (χ2v) is 6.12. The van der Waals surface area contributed by atoms with Gasteiger partial charge < -0.3 is 5.32 Å². The maximum absolute atomic E-state index is 8.87. The van der Waals surface area contributed by atoms with Gasteiger partial charge >= 0.3 is 0 Å². The van der Waals surface area contributed by atoms with Crippen LogP contribution in [0.4, 0.5) is 0 Å². The Morgan fingerprint density at radius 1 is 1.53 bits per heavy atom. The fourth-order valence-electron chi connectivity index (χ4n) is 1.79. The SMILES string of the molecule is CC(C)(C#N)CCCNC1CCCSC1. The molecular formula is C12H22N2S. The summed E-state index contributed by atoms with van der Waals surface area (Å²) < 4.78 is 0. The number of hydrogen-bond acceptors (Lipinski definition) is 3. The Bertz CT molecular complexity index is 214. The average molecular weight is 226 g/mol. The molecule has 0 saturated carbocycles. The molecule has 0 aromatic carbocycles. The molecule has 1 aliphatic rings. The minimum atomic E-state index is -0.150. The molecule has 1 fully saturated rings. The Hall–Kier alpha value is -0.200. The first-order valence-corrected chi connectivity index (χ1v) is 7.02. The predicted molar refractivity (Wildman–Crippen MR) is 67.0 cm³/mol. The van der Waals surface area contributed by atoms with E-state index in [1.54, 1.807) is 0 Å². The van der Waals surface area contributed by atoms with Crippen molar-refractivity contribution in [3.8, 4) is 6.07 Å². The van der Waals surface area contributed by atoms with Crippen LogP contribution in [-0.2, 0) is 0 Å². The number of hydrogen-bond donors (Lipinski definition) is 1. The van der Waals surface area contributed by atoms with Crippen molar-refractivity contribution in [1.29, 1.82) is 5.26 Å². The number of nitriles is 1. The van der Waals surface area contributed by atoms with Crippen LogP contribution in [0.15, 0.2) is 0 Å². The molecule has 3 heteroatoms. The van der Waals surface area contributed by atoms with E-state index >= 15 is 0 Å². The Morgan fingerprint density at radius 2 is 2.33 bits per heavy atom. The van der Waals surface area contributed by atoms with Gasteiger partial charge in [-0.1, -0.05) is 0 Å². The van der Waals surface area contributed by atoms with Crippen LogP contribution in [0, 0.1) is 16.7 Å². The van der Waals surface area contributed by atoms with Crippen LogP contribution in [0.25, 0.3) is 0 Å². The first kappa shape index (κ1) is 12.9. The molecule has 1 unspecified atom stereocenters. The third-order valence-electron chi connectivity index (χ3n) is 2.87. The lowest BCUT2D eigenvalue weighted by atomic mass is 9.90. The second-order valence-electron chi connectivity index (χ2n) is 4.97. The second kappa shape index (κ2) is 6.40. The van der Waals surface area contributed by atoms with Gasteiger partial charge in [-0.3, -0.25) is 0 Å². The summed E-state index contributed by atoms with van der Waals surface area (Å²) in [5.74, 6) is 2.60. The van der Waals surface area contributed by atoms with E-state index in [9.17, 15) is 0 Å². The van der Waals surface area contributed by atoms with Crippen molar-refractivity contribution in [2.24, 2.45) is 5.41 Å². The molecular weight excluding hydrogens is 204 g/mol. The minimum Gasteiger partial charge on any atom is -0.313 e. The van der Waals surface area contributed by atoms with Crippen molar-refractivity contribution in [2.75, 3.05) is 18.1 Å². The van der Waals surface area contributed by atoms with Crippen LogP contribution in [0.1, 0.15) is 39.5 Å². The monoisotopic (exact) mass is 226 g/mol. The quantitative estimate of drug-likeness (QED) is 0.732. The molecule has 0 radical (unpaired) electrons. The highest BCUT2D eigenvalue weighted by atomic mass is 32.2. The maximum Gasteiger partial charge on any atom is 0.0683 e. The lowest BCUT2D eigenvalue weighted by Crippen LogP contribution is -2.34. The van der Waals surface area contributed by atoms with E-state index in [1.807, 2.05) is 13.8 Å². The first-order valence-electron chi connectivity index (χ1n) is 5.86. The molecule has 86 valence electrons. The summed E-state index contributed by atoms with van der Waals surface area (Å²) in [6, 6.07) is 3.06. The van der Waals surface area contributed by atoms with Gasteiger partial charge in [0.15, 0.2) is 0 Å². The first-order chi connectivity index (χ1) is 7.14. The number of thioether (sulfide) groups is 1. The Morgan fingerprint density at radius 3 is 2.93 bits per heavy atom. The molecule has 0 amide bonds. The van der Waals surface area contributed by atoms with E-state index in [-0.39, 0.29) is 5.41 Å². The van der Waals surface area contributed by atoms with E-state index in [2.05, 4.69) is 23.1 Å². The van der Waals surface area contributed by atoms with Gasteiger partial charge in [-0.2, -0.15) is 17.0 Å². The van der Waals surface area contributed by atoms with Crippen molar-refractivity contribution in [3.05, 3.63) is 0 Å². The fraction of sp³-hybridized carbons (Fsp3) is 0.917. The summed E-state index contributed by atoms with van der Waals surface area (Å²) in [5, 5.41) is 12.5. The minimum absolute atomic E-state index is 0.150. The number of rotatable bonds is 5. The summed E-state index contributed by atoms with van der Waals surface area (Å²) in [7, 11) is 0. The normalized spacial score (nSPS) is 22.3. The van der Waals surface area contributed by atoms with Gasteiger partial charge in [0.1, 0.15) is 0 Å². The van der Waals surface area contributed by atoms with Crippen LogP contribution in [0.2, 0.25) is 0 Å². The Kier molecular flexibility index (Phi) is 5.49. The molecule has 1 atom stereocenters. The standard InChI is InChI=1S/C12H22N2S/c1-12(2,10-13)6-4-7-14-11-5-3-8-15-9-11/h11,14H,3-9H2,1-2H3. The van der Waals surface area contributed by atoms with Gasteiger partial charge in [-0.25, -0.2) is 0 Å². The predicted octanol–water partition coefficient (Wildman–Crippen LogP) is 2.80. The summed E-state index contributed by atoms with van der Waals surface area (Å²) >= 11 is 2.06. The number of nitrogens with zero attached hydrogens (tertiary/aromatic N) is 1. The van der Waals surface area contributed by atoms with Gasteiger partial charge in [0.25, 0.3) is 0 Å². The molecule has 2 nitrogen and oxygen atoms in total. The van der Waals surface area contributed by atoms with Crippen LogP contribution in [0.3, 0.4) is 0 Å². The Labute approximate surface area is 97.8 Å². The molecule has 15 heavy (non-hydrogen) atoms. The largest absolute Gasteiger partial charge is 0.313 e. The van der Waals surface area contributed by atoms with Crippen LogP contribution >= 0.6 is 11.8 Å². The van der Waals surface area contributed by atoms with E-state index in [0.29, 0.717) is 6.04 Å². The smallest absolute Gasteiger partial charge is 0.0683 e. The van der Waals surface area contributed by atoms with Crippen molar-refractivity contribution >= 4 is 11.8 Å². The third kappa shape index (κ3) is 5.44. The third-order valence-corrected chi connectivity index (χ3v) is 4.09. The maximum atomic E-state index is 8.87. The molecule has 1 heterocycles. The molecule has 1 N–H and O–H groups in total. The summed E-state index contributed by atoms with van der Waals surface area (Å²) in [6.45, 7) is 5.10. The zero-order chi connectivity index (χ0) is 11.1. The summed E-state index contributed by atoms with van der Waals surface area (Å²) in [4.78, 5) is 0. The molecule has 0 aliphatic carbocycles. The van der Waals surface area contributed by atoms with E-state index < -0.39 is 0 Å². The van der Waals surface area contributed by atoms with Gasteiger partial charge in [0, 0.05) is 11.8 Å². The van der Waals surface area contributed by atoms with Gasteiger partial charge in [-0.05, 0) is 51.8 Å². The van der Waals surface area contributed by atoms with Crippen molar-refractivity contribution in [2.45, 2.75) is 45.6 Å². The van der Waals surface area contributed by atoms with Crippen molar-refractivity contribution < 1.29 is 0 Å². The summed E-state index contributed by atoms with van der Waals surface area (Å²) in [5.41, 5.74) is -0.150. The molecule has 0 aromatic rings. The molecule has 1 aliphatic heterocycles. The molecule has 0 aromatic heterocycles. The van der Waals surface area contributed by atoms with Crippen LogP contribution in [-0.4, -0.2) is 24.1 Å². The van der Waals surface area contributed by atoms with Crippen LogP contribution in [0.5, 0.6) is 0 Å². The highest BCUT2D eigenvalue weighted by Crippen LogP contribution is 2.20. The molecule has 0 spiro atoms. The lowest BCUT2D eigenvalue weighted by molar-refractivity contribution is 0.410. The molecule has 1 rings (SSSR count). The molecule has 1 saturated heterocycles. The Balaban J connectivity index is 2.04. The van der Waals surface area contributed by atoms with E-state index in [4.69, 9.17) is 5.26 Å². The zero-order valence-electron chi connectivity index (χ0n) is 9.88.